The van der Waals surface area contributed by atoms with Crippen LogP contribution in [0.3, 0.4) is 0 Å². The molecule has 5 atom stereocenters. The topological polar surface area (TPSA) is 86.4 Å². The lowest BCUT2D eigenvalue weighted by atomic mass is 10.4. The maximum Gasteiger partial charge on any atom is 0.500 e. The molecule has 5 unspecified atom stereocenters. The Bertz CT molecular complexity index is 549. The van der Waals surface area contributed by atoms with Gasteiger partial charge in [-0.3, -0.25) is 0 Å². The third kappa shape index (κ3) is 11.1. The van der Waals surface area contributed by atoms with Gasteiger partial charge in [0.2, 0.25) is 0 Å². The summed E-state index contributed by atoms with van der Waals surface area (Å²) < 4.78 is 54.6. The molecule has 0 amide bonds. The molecule has 196 valence electrons. The average molecular weight is 559 g/mol. The van der Waals surface area contributed by atoms with Gasteiger partial charge in [-0.05, 0) is 57.2 Å². The Kier molecular flexibility index (Phi) is 13.1. The standard InChI is InChI=1S/C19H46O9Si5/c1-20-33(21-2,22-3)16-15-32(7)27-30(5)26-29(4)13-9-8-12-25-31(6,28-32)14-10-11-23-17-19-18-24-19/h19,29-30H,8-18H2,1-7H3. The highest BCUT2D eigenvalue weighted by molar-refractivity contribution is 6.84. The zero-order chi connectivity index (χ0) is 24.4. The minimum absolute atomic E-state index is 0.292. The van der Waals surface area contributed by atoms with Crippen LogP contribution in [0.15, 0.2) is 0 Å². The largest absolute Gasteiger partial charge is 0.500 e. The van der Waals surface area contributed by atoms with E-state index in [9.17, 15) is 0 Å². The summed E-state index contributed by atoms with van der Waals surface area (Å²) in [5, 5.41) is 0. The second-order valence-corrected chi connectivity index (χ2v) is 24.4. The van der Waals surface area contributed by atoms with Crippen molar-refractivity contribution in [3.05, 3.63) is 0 Å². The number of hydrogen-bond donors (Lipinski definition) is 0. The highest BCUT2D eigenvalue weighted by Gasteiger charge is 2.48. The average Bonchev–Trinajstić information content (AvgIpc) is 3.58. The fourth-order valence-corrected chi connectivity index (χ4v) is 23.2. The predicted molar refractivity (Wildman–Crippen MR) is 139 cm³/mol. The molecule has 2 fully saturated rings. The second kappa shape index (κ2) is 14.5. The van der Waals surface area contributed by atoms with Crippen molar-refractivity contribution in [2.75, 3.05) is 47.8 Å². The first-order chi connectivity index (χ1) is 15.7. The van der Waals surface area contributed by atoms with Crippen LogP contribution in [0.2, 0.25) is 50.4 Å². The lowest BCUT2D eigenvalue weighted by Gasteiger charge is -2.40. The summed E-state index contributed by atoms with van der Waals surface area (Å²) >= 11 is 0. The smallest absolute Gasteiger partial charge is 0.441 e. The van der Waals surface area contributed by atoms with Crippen molar-refractivity contribution in [3.8, 4) is 0 Å². The van der Waals surface area contributed by atoms with Crippen LogP contribution in [-0.4, -0.2) is 98.1 Å². The molecular formula is C19H46O9Si5. The van der Waals surface area contributed by atoms with E-state index >= 15 is 0 Å². The van der Waals surface area contributed by atoms with Crippen LogP contribution in [0.25, 0.3) is 0 Å². The van der Waals surface area contributed by atoms with E-state index in [-0.39, 0.29) is 0 Å². The molecule has 0 radical (unpaired) electrons. The van der Waals surface area contributed by atoms with Gasteiger partial charge in [0.1, 0.15) is 6.10 Å². The highest BCUT2D eigenvalue weighted by Crippen LogP contribution is 2.30. The van der Waals surface area contributed by atoms with Crippen LogP contribution in [0, 0.1) is 0 Å². The maximum absolute atomic E-state index is 6.95. The third-order valence-electron chi connectivity index (χ3n) is 6.13. The second-order valence-electron chi connectivity index (χ2n) is 9.28. The van der Waals surface area contributed by atoms with Gasteiger partial charge in [0.15, 0.2) is 9.04 Å². The summed E-state index contributed by atoms with van der Waals surface area (Å²) in [7, 11) is -6.00. The number of epoxide rings is 1. The first kappa shape index (κ1) is 30.0. The molecule has 0 aliphatic carbocycles. The van der Waals surface area contributed by atoms with E-state index in [0.717, 1.165) is 44.6 Å². The third-order valence-corrected chi connectivity index (χ3v) is 24.0. The first-order valence-electron chi connectivity index (χ1n) is 12.2. The van der Waals surface area contributed by atoms with E-state index in [2.05, 4.69) is 26.2 Å². The van der Waals surface area contributed by atoms with Crippen molar-refractivity contribution in [2.45, 2.75) is 75.7 Å². The fraction of sp³-hybridized carbons (Fsp3) is 1.00. The molecule has 0 aromatic heterocycles. The number of ether oxygens (including phenoxy) is 2. The molecule has 0 saturated carbocycles. The lowest BCUT2D eigenvalue weighted by molar-refractivity contribution is 0.114. The Morgan fingerprint density at radius 3 is 2.33 bits per heavy atom. The molecule has 2 rings (SSSR count). The van der Waals surface area contributed by atoms with Crippen LogP contribution in [0.5, 0.6) is 0 Å². The van der Waals surface area contributed by atoms with Gasteiger partial charge >= 0.3 is 25.9 Å². The quantitative estimate of drug-likeness (QED) is 0.204. The summed E-state index contributed by atoms with van der Waals surface area (Å²) in [6.45, 7) is 11.6. The zero-order valence-electron chi connectivity index (χ0n) is 21.7. The Morgan fingerprint density at radius 2 is 1.70 bits per heavy atom. The molecule has 0 N–H and O–H groups in total. The fourth-order valence-electron chi connectivity index (χ4n) is 4.15. The SMILES string of the molecule is CO[Si](CC[Si]1(C)O[SiH](C)O[SiH](C)CCCCO[Si](C)(CCCOCC2CO2)O1)(OC)OC. The molecule has 2 aliphatic rings. The summed E-state index contributed by atoms with van der Waals surface area (Å²) in [6, 6.07) is 3.38. The zero-order valence-corrected chi connectivity index (χ0v) is 27.0. The highest BCUT2D eigenvalue weighted by atomic mass is 28.5. The molecule has 2 heterocycles. The van der Waals surface area contributed by atoms with Crippen LogP contribution in [0.1, 0.15) is 19.3 Å². The molecule has 0 bridgehead atoms. The Morgan fingerprint density at radius 1 is 1.00 bits per heavy atom. The monoisotopic (exact) mass is 558 g/mol. The molecule has 0 aromatic carbocycles. The Hall–Kier alpha value is 0.724. The lowest BCUT2D eigenvalue weighted by Crippen LogP contribution is -2.56. The van der Waals surface area contributed by atoms with Gasteiger partial charge in [-0.25, -0.2) is 0 Å². The summed E-state index contributed by atoms with van der Waals surface area (Å²) in [5.74, 6) is 0. The van der Waals surface area contributed by atoms with Gasteiger partial charge in [0, 0.05) is 40.6 Å². The van der Waals surface area contributed by atoms with Gasteiger partial charge in [0.25, 0.3) is 9.28 Å². The van der Waals surface area contributed by atoms with Gasteiger partial charge in [-0.2, -0.15) is 0 Å². The first-order valence-corrected chi connectivity index (χ1v) is 23.7. The van der Waals surface area contributed by atoms with Gasteiger partial charge in [-0.15, -0.1) is 0 Å². The molecule has 0 aromatic rings. The molecule has 14 heteroatoms. The van der Waals surface area contributed by atoms with Crippen LogP contribution in [0.4, 0.5) is 0 Å². The van der Waals surface area contributed by atoms with Crippen LogP contribution in [-0.2, 0) is 39.5 Å². The van der Waals surface area contributed by atoms with Crippen molar-refractivity contribution >= 4 is 44.3 Å². The normalized spacial score (nSPS) is 34.5. The summed E-state index contributed by atoms with van der Waals surface area (Å²) in [6.07, 6.45) is 3.38. The minimum Gasteiger partial charge on any atom is -0.441 e. The van der Waals surface area contributed by atoms with E-state index in [4.69, 9.17) is 39.5 Å². The Labute approximate surface area is 207 Å². The molecular weight excluding hydrogens is 513 g/mol. The minimum atomic E-state index is -2.74. The number of hydrogen-bond acceptors (Lipinski definition) is 9. The molecule has 2 saturated heterocycles. The van der Waals surface area contributed by atoms with Crippen molar-refractivity contribution < 1.29 is 39.5 Å². The molecule has 0 spiro atoms. The summed E-state index contributed by atoms with van der Waals surface area (Å²) in [5.41, 5.74) is 0. The van der Waals surface area contributed by atoms with Crippen LogP contribution >= 0.6 is 0 Å². The van der Waals surface area contributed by atoms with Gasteiger partial charge < -0.3 is 39.5 Å². The Balaban J connectivity index is 2.10. The summed E-state index contributed by atoms with van der Waals surface area (Å²) in [4.78, 5) is 0. The molecule has 33 heavy (non-hydrogen) atoms. The van der Waals surface area contributed by atoms with Crippen molar-refractivity contribution in [1.82, 2.24) is 0 Å². The van der Waals surface area contributed by atoms with E-state index in [0.29, 0.717) is 31.4 Å². The van der Waals surface area contributed by atoms with Crippen molar-refractivity contribution in [2.24, 2.45) is 0 Å². The van der Waals surface area contributed by atoms with E-state index in [1.807, 2.05) is 0 Å². The van der Waals surface area contributed by atoms with E-state index in [1.165, 1.54) is 0 Å². The number of rotatable bonds is 12. The molecule has 2 aliphatic heterocycles. The van der Waals surface area contributed by atoms with Crippen LogP contribution < -0.4 is 0 Å². The van der Waals surface area contributed by atoms with Gasteiger partial charge in [-0.1, -0.05) is 6.42 Å². The van der Waals surface area contributed by atoms with E-state index in [1.54, 1.807) is 21.3 Å². The van der Waals surface area contributed by atoms with Crippen molar-refractivity contribution in [3.63, 3.8) is 0 Å². The van der Waals surface area contributed by atoms with E-state index < -0.39 is 44.3 Å². The maximum atomic E-state index is 6.95. The van der Waals surface area contributed by atoms with Gasteiger partial charge in [0.05, 0.1) is 13.2 Å². The molecule has 9 nitrogen and oxygen atoms in total. The predicted octanol–water partition coefficient (Wildman–Crippen LogP) is 2.88. The van der Waals surface area contributed by atoms with Crippen molar-refractivity contribution in [1.29, 1.82) is 0 Å².